The molecule has 0 aliphatic carbocycles. The third-order valence-electron chi connectivity index (χ3n) is 3.49. The normalized spacial score (nSPS) is 19.4. The summed E-state index contributed by atoms with van der Waals surface area (Å²) in [6.45, 7) is 5.89. The summed E-state index contributed by atoms with van der Waals surface area (Å²) < 4.78 is 0. The maximum atomic E-state index is 12.1. The van der Waals surface area contributed by atoms with Gasteiger partial charge in [-0.05, 0) is 31.0 Å². The average molecular weight is 401 g/mol. The SMILES string of the molecule is C/C(=N/N=C1\NC(=O)C(CC(=O)Nc2ccc(Cl)cc2Cl)S1)C(C)C. The van der Waals surface area contributed by atoms with Crippen LogP contribution in [0.15, 0.2) is 28.4 Å². The minimum Gasteiger partial charge on any atom is -0.325 e. The van der Waals surface area contributed by atoms with Gasteiger partial charge in [0.2, 0.25) is 11.8 Å². The molecule has 1 aromatic carbocycles. The number of carbonyl (C=O) groups excluding carboxylic acids is 2. The standard InChI is InChI=1S/C16H18Cl2N4O2S/c1-8(2)9(3)21-22-16-20-15(24)13(25-16)7-14(23)19-12-5-4-10(17)6-11(12)18/h4-6,8,13H,7H2,1-3H3,(H,19,23)(H,20,22,24)/b21-9-. The number of amidine groups is 1. The van der Waals surface area contributed by atoms with E-state index in [0.29, 0.717) is 20.9 Å². The van der Waals surface area contributed by atoms with Crippen LogP contribution in [0.4, 0.5) is 5.69 Å². The second-order valence-corrected chi connectivity index (χ2v) is 7.81. The van der Waals surface area contributed by atoms with Crippen molar-refractivity contribution >= 4 is 63.3 Å². The van der Waals surface area contributed by atoms with Crippen molar-refractivity contribution in [1.82, 2.24) is 5.32 Å². The number of benzene rings is 1. The molecule has 2 rings (SSSR count). The van der Waals surface area contributed by atoms with Crippen LogP contribution in [0, 0.1) is 5.92 Å². The van der Waals surface area contributed by atoms with Crippen LogP contribution in [0.25, 0.3) is 0 Å². The zero-order valence-corrected chi connectivity index (χ0v) is 16.3. The van der Waals surface area contributed by atoms with Crippen LogP contribution in [0.3, 0.4) is 0 Å². The Morgan fingerprint density at radius 2 is 2.12 bits per heavy atom. The van der Waals surface area contributed by atoms with E-state index in [0.717, 1.165) is 5.71 Å². The van der Waals surface area contributed by atoms with Gasteiger partial charge in [0.1, 0.15) is 5.25 Å². The fourth-order valence-electron chi connectivity index (χ4n) is 1.79. The van der Waals surface area contributed by atoms with Crippen LogP contribution in [-0.4, -0.2) is 27.9 Å². The average Bonchev–Trinajstić information content (AvgIpc) is 2.87. The quantitative estimate of drug-likeness (QED) is 0.579. The number of rotatable bonds is 5. The number of hydrogen-bond donors (Lipinski definition) is 2. The molecule has 6 nitrogen and oxygen atoms in total. The molecule has 1 atom stereocenters. The van der Waals surface area contributed by atoms with Crippen LogP contribution >= 0.6 is 35.0 Å². The summed E-state index contributed by atoms with van der Waals surface area (Å²) in [5, 5.41) is 14.1. The van der Waals surface area contributed by atoms with Gasteiger partial charge in [0.25, 0.3) is 0 Å². The molecule has 1 aliphatic rings. The Morgan fingerprint density at radius 3 is 2.76 bits per heavy atom. The zero-order valence-electron chi connectivity index (χ0n) is 14.0. The van der Waals surface area contributed by atoms with E-state index in [-0.39, 0.29) is 24.2 Å². The number of hydrogen-bond acceptors (Lipinski definition) is 5. The Labute approximate surface area is 160 Å². The fraction of sp³-hybridized carbons (Fsp3) is 0.375. The molecule has 2 amide bonds. The Balaban J connectivity index is 1.96. The zero-order chi connectivity index (χ0) is 18.6. The summed E-state index contributed by atoms with van der Waals surface area (Å²) in [4.78, 5) is 24.1. The van der Waals surface area contributed by atoms with Gasteiger partial charge in [0, 0.05) is 17.2 Å². The smallest absolute Gasteiger partial charge is 0.240 e. The van der Waals surface area contributed by atoms with Crippen LogP contribution in [-0.2, 0) is 9.59 Å². The molecule has 1 unspecified atom stereocenters. The topological polar surface area (TPSA) is 82.9 Å². The second kappa shape index (κ2) is 8.69. The molecule has 1 saturated heterocycles. The first-order valence-electron chi connectivity index (χ1n) is 7.61. The van der Waals surface area contributed by atoms with Crippen molar-refractivity contribution in [2.75, 3.05) is 5.32 Å². The first-order chi connectivity index (χ1) is 11.8. The van der Waals surface area contributed by atoms with Crippen molar-refractivity contribution in [2.24, 2.45) is 16.1 Å². The van der Waals surface area contributed by atoms with Gasteiger partial charge in [-0.15, -0.1) is 5.10 Å². The third-order valence-corrected chi connectivity index (χ3v) is 5.11. The van der Waals surface area contributed by atoms with Crippen molar-refractivity contribution in [1.29, 1.82) is 0 Å². The van der Waals surface area contributed by atoms with E-state index >= 15 is 0 Å². The monoisotopic (exact) mass is 400 g/mol. The van der Waals surface area contributed by atoms with Gasteiger partial charge in [-0.2, -0.15) is 5.10 Å². The second-order valence-electron chi connectivity index (χ2n) is 5.77. The predicted octanol–water partition coefficient (Wildman–Crippen LogP) is 3.94. The van der Waals surface area contributed by atoms with Gasteiger partial charge in [0.05, 0.1) is 10.7 Å². The molecule has 0 spiro atoms. The Bertz CT molecular complexity index is 750. The minimum atomic E-state index is -0.556. The highest BCUT2D eigenvalue weighted by Crippen LogP contribution is 2.27. The highest BCUT2D eigenvalue weighted by atomic mass is 35.5. The van der Waals surface area contributed by atoms with Crippen LogP contribution in [0.5, 0.6) is 0 Å². The third kappa shape index (κ3) is 5.73. The van der Waals surface area contributed by atoms with Crippen LogP contribution in [0.2, 0.25) is 10.0 Å². The van der Waals surface area contributed by atoms with Crippen LogP contribution in [0.1, 0.15) is 27.2 Å². The van der Waals surface area contributed by atoms with E-state index in [4.69, 9.17) is 23.2 Å². The summed E-state index contributed by atoms with van der Waals surface area (Å²) in [6, 6.07) is 4.77. The number of halogens is 2. The number of anilines is 1. The first-order valence-corrected chi connectivity index (χ1v) is 9.24. The molecule has 134 valence electrons. The molecular formula is C16H18Cl2N4O2S. The van der Waals surface area contributed by atoms with E-state index in [1.165, 1.54) is 17.8 Å². The molecule has 1 aliphatic heterocycles. The molecule has 0 saturated carbocycles. The van der Waals surface area contributed by atoms with Gasteiger partial charge in [-0.25, -0.2) is 0 Å². The molecule has 25 heavy (non-hydrogen) atoms. The summed E-state index contributed by atoms with van der Waals surface area (Å²) in [6.07, 6.45) is 0.00134. The lowest BCUT2D eigenvalue weighted by molar-refractivity contribution is -0.122. The molecular weight excluding hydrogens is 383 g/mol. The van der Waals surface area contributed by atoms with E-state index in [9.17, 15) is 9.59 Å². The number of nitrogens with one attached hydrogen (secondary N) is 2. The number of amides is 2. The van der Waals surface area contributed by atoms with Gasteiger partial charge in [-0.1, -0.05) is 48.8 Å². The lowest BCUT2D eigenvalue weighted by atomic mass is 10.1. The first kappa shape index (κ1) is 19.8. The molecule has 9 heteroatoms. The van der Waals surface area contributed by atoms with E-state index < -0.39 is 5.25 Å². The molecule has 1 aromatic rings. The van der Waals surface area contributed by atoms with Crippen molar-refractivity contribution in [3.8, 4) is 0 Å². The Hall–Kier alpha value is -1.57. The predicted molar refractivity (Wildman–Crippen MR) is 105 cm³/mol. The highest BCUT2D eigenvalue weighted by molar-refractivity contribution is 8.15. The Kier molecular flexibility index (Phi) is 6.87. The summed E-state index contributed by atoms with van der Waals surface area (Å²) >= 11 is 13.0. The molecule has 1 heterocycles. The van der Waals surface area contributed by atoms with Gasteiger partial charge >= 0.3 is 0 Å². The van der Waals surface area contributed by atoms with E-state index in [2.05, 4.69) is 20.8 Å². The molecule has 2 N–H and O–H groups in total. The lowest BCUT2D eigenvalue weighted by Gasteiger charge is -2.09. The van der Waals surface area contributed by atoms with Crippen LogP contribution < -0.4 is 10.6 Å². The summed E-state index contributed by atoms with van der Waals surface area (Å²) in [5.74, 6) is -0.310. The molecule has 0 radical (unpaired) electrons. The molecule has 0 aromatic heterocycles. The minimum absolute atomic E-state index is 0.00134. The molecule has 0 bridgehead atoms. The fourth-order valence-corrected chi connectivity index (χ4v) is 3.16. The highest BCUT2D eigenvalue weighted by Gasteiger charge is 2.32. The van der Waals surface area contributed by atoms with Gasteiger partial charge in [-0.3, -0.25) is 9.59 Å². The van der Waals surface area contributed by atoms with E-state index in [1.807, 2.05) is 20.8 Å². The van der Waals surface area contributed by atoms with E-state index in [1.54, 1.807) is 12.1 Å². The van der Waals surface area contributed by atoms with Gasteiger partial charge < -0.3 is 10.6 Å². The summed E-state index contributed by atoms with van der Waals surface area (Å²) in [7, 11) is 0. The lowest BCUT2D eigenvalue weighted by Crippen LogP contribution is -2.28. The van der Waals surface area contributed by atoms with Crippen molar-refractivity contribution in [3.63, 3.8) is 0 Å². The molecule has 1 fully saturated rings. The summed E-state index contributed by atoms with van der Waals surface area (Å²) in [5.41, 5.74) is 1.31. The maximum Gasteiger partial charge on any atom is 0.240 e. The van der Waals surface area contributed by atoms with Crippen molar-refractivity contribution in [3.05, 3.63) is 28.2 Å². The van der Waals surface area contributed by atoms with Crippen molar-refractivity contribution in [2.45, 2.75) is 32.4 Å². The maximum absolute atomic E-state index is 12.1. The largest absolute Gasteiger partial charge is 0.325 e. The Morgan fingerprint density at radius 1 is 1.40 bits per heavy atom. The number of nitrogens with zero attached hydrogens (tertiary/aromatic N) is 2. The number of carbonyl (C=O) groups is 2. The number of thioether (sulfide) groups is 1. The van der Waals surface area contributed by atoms with Gasteiger partial charge in [0.15, 0.2) is 5.17 Å². The van der Waals surface area contributed by atoms with Crippen molar-refractivity contribution < 1.29 is 9.59 Å².